The number of hydrogen-bond donors (Lipinski definition) is 3. The first-order valence-electron chi connectivity index (χ1n) is 12.3. The van der Waals surface area contributed by atoms with Crippen LogP contribution in [0.15, 0.2) is 77.7 Å². The van der Waals surface area contributed by atoms with Crippen LogP contribution >= 0.6 is 0 Å². The van der Waals surface area contributed by atoms with Crippen molar-refractivity contribution >= 4 is 29.5 Å². The van der Waals surface area contributed by atoms with E-state index in [1.807, 2.05) is 38.1 Å². The Morgan fingerprint density at radius 3 is 2.82 bits per heavy atom. The van der Waals surface area contributed by atoms with Gasteiger partial charge in [-0.15, -0.1) is 0 Å². The third kappa shape index (κ3) is 4.83. The highest BCUT2D eigenvalue weighted by molar-refractivity contribution is 5.94. The fraction of sp³-hybridized carbons (Fsp3) is 0.172. The van der Waals surface area contributed by atoms with Gasteiger partial charge in [0.25, 0.3) is 0 Å². The molecule has 0 aliphatic carbocycles. The molecule has 4 heterocycles. The lowest BCUT2D eigenvalue weighted by atomic mass is 10.1. The monoisotopic (exact) mass is 508 g/mol. The lowest BCUT2D eigenvalue weighted by Crippen LogP contribution is -2.57. The molecular formula is C29H29FN8. The second kappa shape index (κ2) is 10.4. The topological polar surface area (TPSA) is 112 Å². The van der Waals surface area contributed by atoms with Gasteiger partial charge in [0.15, 0.2) is 5.82 Å². The maximum atomic E-state index is 13.8. The molecule has 192 valence electrons. The predicted molar refractivity (Wildman–Crippen MR) is 151 cm³/mol. The molecule has 0 saturated carbocycles. The summed E-state index contributed by atoms with van der Waals surface area (Å²) in [5.74, 6) is 1.05. The van der Waals surface area contributed by atoms with Crippen LogP contribution in [0.2, 0.25) is 0 Å². The van der Waals surface area contributed by atoms with Crippen molar-refractivity contribution in [1.82, 2.24) is 30.0 Å². The summed E-state index contributed by atoms with van der Waals surface area (Å²) in [6.07, 6.45) is 11.0. The van der Waals surface area contributed by atoms with Crippen molar-refractivity contribution < 1.29 is 4.39 Å². The van der Waals surface area contributed by atoms with Gasteiger partial charge in [-0.2, -0.15) is 5.10 Å². The number of nitrogens with one attached hydrogen (secondary N) is 2. The summed E-state index contributed by atoms with van der Waals surface area (Å²) in [5.41, 5.74) is 11.2. The molecule has 3 aromatic heterocycles. The smallest absolute Gasteiger partial charge is 0.159 e. The van der Waals surface area contributed by atoms with Crippen molar-refractivity contribution in [3.05, 3.63) is 89.1 Å². The van der Waals surface area contributed by atoms with Crippen molar-refractivity contribution in [3.63, 3.8) is 0 Å². The molecule has 1 saturated heterocycles. The van der Waals surface area contributed by atoms with Gasteiger partial charge in [0, 0.05) is 36.1 Å². The Balaban J connectivity index is 1.45. The van der Waals surface area contributed by atoms with Gasteiger partial charge in [-0.1, -0.05) is 37.4 Å². The second-order valence-electron chi connectivity index (χ2n) is 9.17. The van der Waals surface area contributed by atoms with Crippen LogP contribution in [0.5, 0.6) is 0 Å². The average Bonchev–Trinajstić information content (AvgIpc) is 3.49. The van der Waals surface area contributed by atoms with Gasteiger partial charge in [-0.05, 0) is 49.3 Å². The average molecular weight is 509 g/mol. The summed E-state index contributed by atoms with van der Waals surface area (Å²) < 4.78 is 13.8. The van der Waals surface area contributed by atoms with E-state index in [2.05, 4.69) is 38.2 Å². The SMILES string of the molecule is C=CC(=NC(=C\C)/C(C)=C/C=c1/[nH]nc(-c2nc3c(-c4cccc(F)c4)cncc3[nH]2)c1=C)N1CC(N)C1. The Kier molecular flexibility index (Phi) is 6.85. The number of aromatic nitrogens is 5. The van der Waals surface area contributed by atoms with Crippen LogP contribution in [0.4, 0.5) is 4.39 Å². The molecule has 5 rings (SSSR count). The summed E-state index contributed by atoms with van der Waals surface area (Å²) in [6, 6.07) is 6.55. The van der Waals surface area contributed by atoms with Crippen molar-refractivity contribution in [3.8, 4) is 22.6 Å². The van der Waals surface area contributed by atoms with Gasteiger partial charge in [-0.25, -0.2) is 14.4 Å². The molecule has 1 aromatic carbocycles. The molecule has 0 unspecified atom stereocenters. The molecule has 0 atom stereocenters. The molecule has 0 radical (unpaired) electrons. The van der Waals surface area contributed by atoms with E-state index in [1.54, 1.807) is 24.5 Å². The molecule has 1 aliphatic heterocycles. The highest BCUT2D eigenvalue weighted by atomic mass is 19.1. The summed E-state index contributed by atoms with van der Waals surface area (Å²) in [4.78, 5) is 19.2. The fourth-order valence-corrected chi connectivity index (χ4v) is 4.37. The van der Waals surface area contributed by atoms with Crippen molar-refractivity contribution in [2.75, 3.05) is 13.1 Å². The number of amidine groups is 1. The van der Waals surface area contributed by atoms with E-state index in [9.17, 15) is 4.39 Å². The third-order valence-electron chi connectivity index (χ3n) is 6.48. The molecule has 4 aromatic rings. The highest BCUT2D eigenvalue weighted by Crippen LogP contribution is 2.28. The van der Waals surface area contributed by atoms with Crippen LogP contribution in [0.3, 0.4) is 0 Å². The molecule has 0 bridgehead atoms. The highest BCUT2D eigenvalue weighted by Gasteiger charge is 2.24. The summed E-state index contributed by atoms with van der Waals surface area (Å²) >= 11 is 0. The first kappa shape index (κ1) is 25.0. The van der Waals surface area contributed by atoms with E-state index in [0.29, 0.717) is 27.8 Å². The van der Waals surface area contributed by atoms with Gasteiger partial charge in [0.05, 0.1) is 28.3 Å². The quantitative estimate of drug-likeness (QED) is 0.210. The van der Waals surface area contributed by atoms with Crippen LogP contribution in [0.25, 0.3) is 46.3 Å². The van der Waals surface area contributed by atoms with Crippen LogP contribution in [0.1, 0.15) is 13.8 Å². The summed E-state index contributed by atoms with van der Waals surface area (Å²) in [5, 5.41) is 8.95. The number of rotatable bonds is 6. The van der Waals surface area contributed by atoms with Gasteiger partial charge in [0.1, 0.15) is 17.3 Å². The molecular weight excluding hydrogens is 479 g/mol. The van der Waals surface area contributed by atoms with Crippen LogP contribution in [-0.4, -0.2) is 55.0 Å². The largest absolute Gasteiger partial charge is 0.353 e. The van der Waals surface area contributed by atoms with E-state index in [-0.39, 0.29) is 11.9 Å². The maximum absolute atomic E-state index is 13.8. The van der Waals surface area contributed by atoms with Gasteiger partial charge in [-0.3, -0.25) is 10.1 Å². The number of H-pyrrole nitrogens is 2. The van der Waals surface area contributed by atoms with Crippen LogP contribution in [0, 0.1) is 5.82 Å². The lowest BCUT2D eigenvalue weighted by Gasteiger charge is -2.38. The van der Waals surface area contributed by atoms with E-state index >= 15 is 0 Å². The number of hydrogen-bond acceptors (Lipinski definition) is 5. The number of halogens is 1. The van der Waals surface area contributed by atoms with Crippen LogP contribution in [-0.2, 0) is 0 Å². The number of pyridine rings is 1. The normalized spacial score (nSPS) is 15.8. The molecule has 4 N–H and O–H groups in total. The maximum Gasteiger partial charge on any atom is 0.159 e. The molecule has 9 heteroatoms. The number of benzene rings is 1. The number of nitrogens with zero attached hydrogens (tertiary/aromatic N) is 5. The summed E-state index contributed by atoms with van der Waals surface area (Å²) in [7, 11) is 0. The summed E-state index contributed by atoms with van der Waals surface area (Å²) in [6.45, 7) is 13.6. The van der Waals surface area contributed by atoms with Gasteiger partial charge in [0.2, 0.25) is 0 Å². The Morgan fingerprint density at radius 1 is 1.29 bits per heavy atom. The van der Waals surface area contributed by atoms with E-state index < -0.39 is 0 Å². The predicted octanol–water partition coefficient (Wildman–Crippen LogP) is 3.42. The van der Waals surface area contributed by atoms with E-state index in [1.165, 1.54) is 12.1 Å². The Hall–Kier alpha value is -4.63. The molecule has 0 spiro atoms. The number of aliphatic imine (C=N–C) groups is 1. The second-order valence-corrected chi connectivity index (χ2v) is 9.17. The van der Waals surface area contributed by atoms with E-state index in [4.69, 9.17) is 15.7 Å². The third-order valence-corrected chi connectivity index (χ3v) is 6.48. The molecule has 8 nitrogen and oxygen atoms in total. The molecule has 0 amide bonds. The zero-order valence-corrected chi connectivity index (χ0v) is 21.4. The number of nitrogens with two attached hydrogens (primary N) is 1. The first-order valence-corrected chi connectivity index (χ1v) is 12.3. The zero-order chi connectivity index (χ0) is 26.8. The van der Waals surface area contributed by atoms with Crippen molar-refractivity contribution in [2.45, 2.75) is 19.9 Å². The Bertz CT molecular complexity index is 1720. The number of likely N-dealkylation sites (tertiary alicyclic amines) is 1. The number of fused-ring (bicyclic) bond motifs is 1. The molecule has 1 fully saturated rings. The van der Waals surface area contributed by atoms with Crippen molar-refractivity contribution in [1.29, 1.82) is 0 Å². The van der Waals surface area contributed by atoms with Gasteiger partial charge >= 0.3 is 0 Å². The standard InChI is InChI=1S/C29H29FN8/c1-5-23(33-26(6-2)38-15-21(31)16-38)17(3)10-11-24-18(4)27(37-36-24)29-34-25-14-32-13-22(28(25)35-29)19-8-7-9-20(30)12-19/h5-14,21,36H,2,4,15-16,31H2,1,3H3,(H,34,35)/b17-10+,23-5-,24-11+,33-26?. The number of aromatic amines is 2. The van der Waals surface area contributed by atoms with Crippen LogP contribution < -0.4 is 16.3 Å². The fourth-order valence-electron chi connectivity index (χ4n) is 4.37. The minimum Gasteiger partial charge on any atom is -0.353 e. The molecule has 38 heavy (non-hydrogen) atoms. The Morgan fingerprint density at radius 2 is 2.11 bits per heavy atom. The Labute approximate surface area is 219 Å². The van der Waals surface area contributed by atoms with E-state index in [0.717, 1.165) is 46.6 Å². The lowest BCUT2D eigenvalue weighted by molar-refractivity contribution is 0.255. The minimum absolute atomic E-state index is 0.181. The van der Waals surface area contributed by atoms with Crippen molar-refractivity contribution in [2.24, 2.45) is 10.7 Å². The minimum atomic E-state index is -0.316. The molecule has 1 aliphatic rings. The van der Waals surface area contributed by atoms with Gasteiger partial charge < -0.3 is 15.6 Å². The number of allylic oxidation sites excluding steroid dienone is 3. The zero-order valence-electron chi connectivity index (χ0n) is 21.4. The number of imidazole rings is 1. The first-order chi connectivity index (χ1) is 18.4.